The first-order chi connectivity index (χ1) is 25.5. The predicted octanol–water partition coefficient (Wildman–Crippen LogP) is 14.4. The fourth-order valence-corrected chi connectivity index (χ4v) is 10.3. The van der Waals surface area contributed by atoms with Crippen LogP contribution >= 0.6 is 11.3 Å². The zero-order chi connectivity index (χ0) is 35.0. The molecule has 250 valence electrons. The van der Waals surface area contributed by atoms with E-state index in [0.717, 1.165) is 12.1 Å². The molecular weight excluding hydrogens is 647 g/mol. The largest absolute Gasteiger partial charge is 0.310 e. The maximum Gasteiger partial charge on any atom is 0.0540 e. The molecule has 0 fully saturated rings. The second kappa shape index (κ2) is 11.9. The van der Waals surface area contributed by atoms with E-state index in [1.165, 1.54) is 87.2 Å². The average molecular weight is 686 g/mol. The van der Waals surface area contributed by atoms with E-state index in [1.54, 1.807) is 0 Å². The SMILES string of the molecule is C[C@@H]1CC=C(c2ccc(N(c3ccc(-c4ccccc4)cc3)c3ccc4c(c3)C(C)(C)c3ccccc3-4)c3ccccc23)c2sc3ccccc3c21. The maximum atomic E-state index is 2.49. The Morgan fingerprint density at radius 2 is 1.19 bits per heavy atom. The van der Waals surface area contributed by atoms with Crippen molar-refractivity contribution < 1.29 is 0 Å². The molecule has 8 aromatic rings. The Morgan fingerprint density at radius 3 is 2.02 bits per heavy atom. The van der Waals surface area contributed by atoms with Crippen molar-refractivity contribution in [2.24, 2.45) is 0 Å². The van der Waals surface area contributed by atoms with Crippen molar-refractivity contribution in [1.29, 1.82) is 0 Å². The van der Waals surface area contributed by atoms with Gasteiger partial charge >= 0.3 is 0 Å². The third-order valence-corrected chi connectivity index (χ3v) is 12.8. The minimum Gasteiger partial charge on any atom is -0.310 e. The van der Waals surface area contributed by atoms with Gasteiger partial charge in [-0.1, -0.05) is 148 Å². The van der Waals surface area contributed by atoms with E-state index in [2.05, 4.69) is 189 Å². The summed E-state index contributed by atoms with van der Waals surface area (Å²) < 4.78 is 1.37. The first-order valence-corrected chi connectivity index (χ1v) is 19.2. The van der Waals surface area contributed by atoms with Crippen LogP contribution in [-0.4, -0.2) is 0 Å². The van der Waals surface area contributed by atoms with Crippen LogP contribution in [0.1, 0.15) is 60.2 Å². The average Bonchev–Trinajstić information content (AvgIpc) is 3.69. The van der Waals surface area contributed by atoms with Crippen LogP contribution in [0.25, 0.3) is 48.7 Å². The molecule has 1 heterocycles. The van der Waals surface area contributed by atoms with Gasteiger partial charge in [0.2, 0.25) is 0 Å². The highest BCUT2D eigenvalue weighted by atomic mass is 32.1. The number of rotatable bonds is 5. The highest BCUT2D eigenvalue weighted by molar-refractivity contribution is 7.20. The molecule has 0 radical (unpaired) electrons. The van der Waals surface area contributed by atoms with Crippen LogP contribution in [0.5, 0.6) is 0 Å². The molecule has 52 heavy (non-hydrogen) atoms. The van der Waals surface area contributed by atoms with Gasteiger partial charge in [0, 0.05) is 31.8 Å². The van der Waals surface area contributed by atoms with Crippen LogP contribution in [-0.2, 0) is 5.41 Å². The van der Waals surface area contributed by atoms with Crippen LogP contribution in [0.15, 0.2) is 164 Å². The topological polar surface area (TPSA) is 3.24 Å². The van der Waals surface area contributed by atoms with Gasteiger partial charge in [-0.25, -0.2) is 0 Å². The third-order valence-electron chi connectivity index (χ3n) is 11.5. The second-order valence-corrected chi connectivity index (χ2v) is 16.0. The molecule has 0 N–H and O–H groups in total. The van der Waals surface area contributed by atoms with E-state index in [4.69, 9.17) is 0 Å². The highest BCUT2D eigenvalue weighted by Gasteiger charge is 2.36. The van der Waals surface area contributed by atoms with Crippen LogP contribution in [0.4, 0.5) is 17.1 Å². The number of thiophene rings is 1. The van der Waals surface area contributed by atoms with E-state index in [9.17, 15) is 0 Å². The summed E-state index contributed by atoms with van der Waals surface area (Å²) in [5.41, 5.74) is 15.5. The molecule has 0 spiro atoms. The molecule has 0 saturated carbocycles. The number of fused-ring (bicyclic) bond motifs is 7. The minimum atomic E-state index is -0.0940. The molecule has 2 heteroatoms. The number of benzene rings is 7. The Labute approximate surface area is 310 Å². The van der Waals surface area contributed by atoms with Gasteiger partial charge < -0.3 is 4.90 Å². The number of anilines is 3. The maximum absolute atomic E-state index is 2.49. The Kier molecular flexibility index (Phi) is 7.13. The van der Waals surface area contributed by atoms with Gasteiger partial charge in [0.15, 0.2) is 0 Å². The van der Waals surface area contributed by atoms with Crippen molar-refractivity contribution in [3.05, 3.63) is 191 Å². The first-order valence-electron chi connectivity index (χ1n) is 18.4. The molecule has 1 nitrogen and oxygen atoms in total. The van der Waals surface area contributed by atoms with Crippen molar-refractivity contribution in [3.8, 4) is 22.3 Å². The smallest absolute Gasteiger partial charge is 0.0540 e. The number of allylic oxidation sites excluding steroid dienone is 1. The van der Waals surface area contributed by atoms with Crippen molar-refractivity contribution >= 4 is 54.8 Å². The lowest BCUT2D eigenvalue weighted by Crippen LogP contribution is -2.16. The highest BCUT2D eigenvalue weighted by Crippen LogP contribution is 2.52. The van der Waals surface area contributed by atoms with Gasteiger partial charge in [0.05, 0.1) is 5.69 Å². The molecule has 1 aromatic heterocycles. The van der Waals surface area contributed by atoms with Crippen LogP contribution in [0.2, 0.25) is 0 Å². The molecule has 0 aliphatic heterocycles. The summed E-state index contributed by atoms with van der Waals surface area (Å²) in [6.07, 6.45) is 3.54. The Morgan fingerprint density at radius 1 is 0.558 bits per heavy atom. The van der Waals surface area contributed by atoms with Gasteiger partial charge in [-0.3, -0.25) is 0 Å². The van der Waals surface area contributed by atoms with Gasteiger partial charge in [-0.2, -0.15) is 0 Å². The number of nitrogens with zero attached hydrogens (tertiary/aromatic N) is 1. The Bertz CT molecular complexity index is 2690. The lowest BCUT2D eigenvalue weighted by atomic mass is 9.82. The molecule has 1 atom stereocenters. The number of hydrogen-bond acceptors (Lipinski definition) is 2. The lowest BCUT2D eigenvalue weighted by molar-refractivity contribution is 0.660. The molecular formula is C50H39NS. The fraction of sp³-hybridized carbons (Fsp3) is 0.120. The Balaban J connectivity index is 1.16. The van der Waals surface area contributed by atoms with Crippen molar-refractivity contribution in [3.63, 3.8) is 0 Å². The molecule has 10 rings (SSSR count). The summed E-state index contributed by atoms with van der Waals surface area (Å²) in [7, 11) is 0. The summed E-state index contributed by atoms with van der Waals surface area (Å²) in [4.78, 5) is 3.90. The minimum absolute atomic E-state index is 0.0940. The summed E-state index contributed by atoms with van der Waals surface area (Å²) in [6.45, 7) is 7.11. The van der Waals surface area contributed by atoms with Crippen LogP contribution in [0, 0.1) is 0 Å². The molecule has 0 amide bonds. The summed E-state index contributed by atoms with van der Waals surface area (Å²) >= 11 is 1.95. The summed E-state index contributed by atoms with van der Waals surface area (Å²) in [5, 5.41) is 3.94. The second-order valence-electron chi connectivity index (χ2n) is 14.9. The van der Waals surface area contributed by atoms with Crippen LogP contribution in [0.3, 0.4) is 0 Å². The lowest BCUT2D eigenvalue weighted by Gasteiger charge is -2.30. The van der Waals surface area contributed by atoms with E-state index >= 15 is 0 Å². The van der Waals surface area contributed by atoms with Crippen molar-refractivity contribution in [1.82, 2.24) is 0 Å². The standard InChI is InChI=1S/C50H39NS/c1-32-21-27-42(49-48(32)43-18-10-12-20-47(43)52-49)38-29-30-46(41-17-8-7-15-37(38)41)51(35-24-22-34(23-25-35)33-13-5-4-6-14-33)36-26-28-40-39-16-9-11-19-44(39)50(2,3)45(40)31-36/h4-20,22-32H,21H2,1-3H3/t32-/m1/s1. The molecule has 0 unspecified atom stereocenters. The quantitative estimate of drug-likeness (QED) is 0.174. The first kappa shape index (κ1) is 31.1. The van der Waals surface area contributed by atoms with E-state index in [1.807, 2.05) is 11.3 Å². The van der Waals surface area contributed by atoms with Gasteiger partial charge in [0.25, 0.3) is 0 Å². The van der Waals surface area contributed by atoms with Gasteiger partial charge in [-0.05, 0) is 110 Å². The van der Waals surface area contributed by atoms with E-state index < -0.39 is 0 Å². The molecule has 0 bridgehead atoms. The zero-order valence-electron chi connectivity index (χ0n) is 29.7. The van der Waals surface area contributed by atoms with Gasteiger partial charge in [0.1, 0.15) is 0 Å². The fourth-order valence-electron chi connectivity index (χ4n) is 8.90. The number of hydrogen-bond donors (Lipinski definition) is 0. The summed E-state index contributed by atoms with van der Waals surface area (Å²) in [6, 6.07) is 58.5. The third kappa shape index (κ3) is 4.75. The van der Waals surface area contributed by atoms with E-state index in [0.29, 0.717) is 5.92 Å². The molecule has 0 saturated heterocycles. The normalized spacial score (nSPS) is 15.6. The monoisotopic (exact) mass is 685 g/mol. The summed E-state index contributed by atoms with van der Waals surface area (Å²) in [5.74, 6) is 0.505. The molecule has 7 aromatic carbocycles. The predicted molar refractivity (Wildman–Crippen MR) is 224 cm³/mol. The zero-order valence-corrected chi connectivity index (χ0v) is 30.5. The molecule has 2 aliphatic carbocycles. The van der Waals surface area contributed by atoms with E-state index in [-0.39, 0.29) is 5.41 Å². The Hall–Kier alpha value is -5.70. The van der Waals surface area contributed by atoms with Crippen LogP contribution < -0.4 is 4.90 Å². The van der Waals surface area contributed by atoms with Crippen molar-refractivity contribution in [2.75, 3.05) is 4.90 Å². The molecule has 2 aliphatic rings. The van der Waals surface area contributed by atoms with Gasteiger partial charge in [-0.15, -0.1) is 11.3 Å². The van der Waals surface area contributed by atoms with Crippen molar-refractivity contribution in [2.45, 2.75) is 38.5 Å².